The number of methoxy groups -OCH3 is 1. The van der Waals surface area contributed by atoms with E-state index in [2.05, 4.69) is 0 Å². The summed E-state index contributed by atoms with van der Waals surface area (Å²) in [6.07, 6.45) is 2.27. The van der Waals surface area contributed by atoms with Gasteiger partial charge >= 0.3 is 0 Å². The lowest BCUT2D eigenvalue weighted by atomic mass is 9.49. The highest BCUT2D eigenvalue weighted by atomic mass is 35.5. The zero-order valence-corrected chi connectivity index (χ0v) is 29.6. The summed E-state index contributed by atoms with van der Waals surface area (Å²) in [6.45, 7) is 1.44. The van der Waals surface area contributed by atoms with E-state index >= 15 is 4.79 Å². The highest BCUT2D eigenvalue weighted by Gasteiger charge is 2.70. The monoisotopic (exact) mass is 734 g/mol. The van der Waals surface area contributed by atoms with Gasteiger partial charge < -0.3 is 9.84 Å². The molecular formula is C41H32Cl2N2O7. The molecule has 3 fully saturated rings. The molecule has 4 aromatic carbocycles. The van der Waals surface area contributed by atoms with Crippen molar-refractivity contribution in [3.63, 3.8) is 0 Å². The molecule has 9 nitrogen and oxygen atoms in total. The van der Waals surface area contributed by atoms with Crippen LogP contribution >= 0.6 is 23.2 Å². The number of hydrogen-bond donors (Lipinski definition) is 1. The van der Waals surface area contributed by atoms with Crippen LogP contribution in [0.3, 0.4) is 0 Å². The number of aromatic hydroxyl groups is 1. The van der Waals surface area contributed by atoms with E-state index < -0.39 is 52.7 Å². The van der Waals surface area contributed by atoms with Crippen LogP contribution in [0.15, 0.2) is 103 Å². The van der Waals surface area contributed by atoms with Crippen molar-refractivity contribution < 1.29 is 33.8 Å². The molecule has 8 rings (SSSR count). The SMILES string of the molecule is COc1cc(C2C3=CCC4C(=O)N(c5ccc(C(C)=O)cc5)C(=O)C4C3CC3C(=O)N(c4cccc(Cl)c4)C(=O)C32c2ccccc2)cc(Cl)c1O. The highest BCUT2D eigenvalue weighted by Crippen LogP contribution is 2.65. The van der Waals surface area contributed by atoms with Crippen molar-refractivity contribution in [2.24, 2.45) is 23.7 Å². The number of fused-ring (bicyclic) bond motifs is 4. The number of allylic oxidation sites excluding steroid dienone is 2. The van der Waals surface area contributed by atoms with Crippen LogP contribution in [0.25, 0.3) is 0 Å². The van der Waals surface area contributed by atoms with Crippen molar-refractivity contribution >= 4 is 64.0 Å². The molecule has 4 aliphatic rings. The number of amides is 4. The predicted octanol–water partition coefficient (Wildman–Crippen LogP) is 7.28. The summed E-state index contributed by atoms with van der Waals surface area (Å²) in [7, 11) is 1.39. The van der Waals surface area contributed by atoms with Crippen molar-refractivity contribution in [1.82, 2.24) is 0 Å². The number of benzene rings is 4. The summed E-state index contributed by atoms with van der Waals surface area (Å²) in [5, 5.41) is 11.1. The van der Waals surface area contributed by atoms with Crippen LogP contribution in [-0.2, 0) is 24.6 Å². The molecule has 1 saturated carbocycles. The molecule has 262 valence electrons. The van der Waals surface area contributed by atoms with Crippen LogP contribution in [0.4, 0.5) is 11.4 Å². The predicted molar refractivity (Wildman–Crippen MR) is 195 cm³/mol. The van der Waals surface area contributed by atoms with Gasteiger partial charge in [0.2, 0.25) is 23.6 Å². The summed E-state index contributed by atoms with van der Waals surface area (Å²) >= 11 is 13.0. The minimum Gasteiger partial charge on any atom is -0.503 e. The van der Waals surface area contributed by atoms with E-state index in [-0.39, 0.29) is 41.1 Å². The lowest BCUT2D eigenvalue weighted by Gasteiger charge is -2.50. The molecule has 0 radical (unpaired) electrons. The first-order valence-electron chi connectivity index (χ1n) is 16.9. The Bertz CT molecular complexity index is 2240. The van der Waals surface area contributed by atoms with E-state index in [1.807, 2.05) is 36.4 Å². The fraction of sp³-hybridized carbons (Fsp3) is 0.244. The maximum absolute atomic E-state index is 15.4. The standard InChI is InChI=1S/C41H32Cl2N2O7/c1-21(46)22-11-13-26(14-12-22)44-37(48)29-16-15-28-30(34(29)39(44)50)20-31-38(49)45(27-10-6-9-25(42)19-27)40(51)41(31,24-7-4-3-5-8-24)35(28)23-17-32(43)36(47)33(18-23)52-2/h3-15,17-19,29-31,34-35,47H,16,20H2,1-2H3. The number of ketones is 1. The summed E-state index contributed by atoms with van der Waals surface area (Å²) in [6, 6.07) is 25.2. The molecule has 1 N–H and O–H groups in total. The maximum Gasteiger partial charge on any atom is 0.246 e. The Morgan fingerprint density at radius 1 is 0.827 bits per heavy atom. The molecule has 2 aliphatic heterocycles. The number of imide groups is 2. The fourth-order valence-electron chi connectivity index (χ4n) is 9.13. The van der Waals surface area contributed by atoms with Crippen molar-refractivity contribution in [3.8, 4) is 11.5 Å². The molecule has 6 atom stereocenters. The highest BCUT2D eigenvalue weighted by molar-refractivity contribution is 6.33. The van der Waals surface area contributed by atoms with E-state index in [1.54, 1.807) is 60.7 Å². The molecule has 4 aromatic rings. The summed E-state index contributed by atoms with van der Waals surface area (Å²) in [4.78, 5) is 73.2. The fourth-order valence-corrected chi connectivity index (χ4v) is 9.54. The van der Waals surface area contributed by atoms with Gasteiger partial charge in [0.1, 0.15) is 0 Å². The molecule has 2 saturated heterocycles. The van der Waals surface area contributed by atoms with Gasteiger partial charge in [0.25, 0.3) is 0 Å². The van der Waals surface area contributed by atoms with Crippen molar-refractivity contribution in [1.29, 1.82) is 0 Å². The first kappa shape index (κ1) is 33.9. The van der Waals surface area contributed by atoms with Gasteiger partial charge in [-0.25, -0.2) is 4.90 Å². The quantitative estimate of drug-likeness (QED) is 0.126. The zero-order chi connectivity index (χ0) is 36.6. The Balaban J connectivity index is 1.35. The average Bonchev–Trinajstić information content (AvgIpc) is 3.53. The number of anilines is 2. The number of phenols is 1. The molecule has 2 aliphatic carbocycles. The third kappa shape index (κ3) is 4.79. The van der Waals surface area contributed by atoms with Crippen LogP contribution in [-0.4, -0.2) is 41.6 Å². The minimum atomic E-state index is -1.52. The van der Waals surface area contributed by atoms with Gasteiger partial charge in [-0.05, 0) is 91.4 Å². The molecule has 0 aromatic heterocycles. The normalized spacial score (nSPS) is 26.5. The molecule has 0 spiro atoms. The maximum atomic E-state index is 15.4. The van der Waals surface area contributed by atoms with Crippen LogP contribution in [0.5, 0.6) is 11.5 Å². The van der Waals surface area contributed by atoms with Gasteiger partial charge in [-0.2, -0.15) is 0 Å². The number of hydrogen-bond acceptors (Lipinski definition) is 7. The van der Waals surface area contributed by atoms with Crippen molar-refractivity contribution in [3.05, 3.63) is 129 Å². The Labute approximate surface area is 309 Å². The molecule has 0 bridgehead atoms. The second kappa shape index (κ2) is 12.5. The topological polar surface area (TPSA) is 121 Å². The Morgan fingerprint density at radius 2 is 1.56 bits per heavy atom. The molecular weight excluding hydrogens is 703 g/mol. The smallest absolute Gasteiger partial charge is 0.246 e. The van der Waals surface area contributed by atoms with Crippen LogP contribution in [0.1, 0.15) is 47.2 Å². The second-order valence-electron chi connectivity index (χ2n) is 13.8. The Kier molecular flexibility index (Phi) is 8.12. The summed E-state index contributed by atoms with van der Waals surface area (Å²) < 4.78 is 5.52. The average molecular weight is 736 g/mol. The molecule has 11 heteroatoms. The van der Waals surface area contributed by atoms with Gasteiger partial charge in [-0.3, -0.25) is 28.9 Å². The van der Waals surface area contributed by atoms with E-state index in [1.165, 1.54) is 23.8 Å². The first-order chi connectivity index (χ1) is 25.0. The van der Waals surface area contributed by atoms with Gasteiger partial charge in [-0.1, -0.05) is 71.2 Å². The van der Waals surface area contributed by atoms with E-state index in [0.717, 1.165) is 5.57 Å². The molecule has 6 unspecified atom stereocenters. The zero-order valence-electron chi connectivity index (χ0n) is 28.1. The second-order valence-corrected chi connectivity index (χ2v) is 14.6. The van der Waals surface area contributed by atoms with E-state index in [4.69, 9.17) is 27.9 Å². The van der Waals surface area contributed by atoms with Crippen molar-refractivity contribution in [2.75, 3.05) is 16.9 Å². The largest absolute Gasteiger partial charge is 0.503 e. The minimum absolute atomic E-state index is 0.0127. The Hall–Kier alpha value is -5.25. The first-order valence-corrected chi connectivity index (χ1v) is 17.7. The van der Waals surface area contributed by atoms with E-state index in [9.17, 15) is 24.3 Å². The number of halogens is 2. The summed E-state index contributed by atoms with van der Waals surface area (Å²) in [5.41, 5.74) is 1.44. The summed E-state index contributed by atoms with van der Waals surface area (Å²) in [5.74, 6) is -6.00. The molecule has 2 heterocycles. The number of phenolic OH excluding ortho intramolecular Hbond substituents is 1. The number of nitrogens with zero attached hydrogens (tertiary/aromatic N) is 2. The number of ether oxygens (including phenoxy) is 1. The third-order valence-corrected chi connectivity index (χ3v) is 11.8. The number of rotatable bonds is 6. The number of carbonyl (C=O) groups is 5. The van der Waals surface area contributed by atoms with Gasteiger partial charge in [0.15, 0.2) is 17.3 Å². The van der Waals surface area contributed by atoms with Gasteiger partial charge in [0.05, 0.1) is 46.7 Å². The number of Topliss-reactive ketones (excluding diaryl/α,β-unsaturated/α-hetero) is 1. The third-order valence-electron chi connectivity index (χ3n) is 11.3. The molecule has 52 heavy (non-hydrogen) atoms. The number of carbonyl (C=O) groups excluding carboxylic acids is 5. The lowest BCUT2D eigenvalue weighted by molar-refractivity contribution is -0.127. The van der Waals surface area contributed by atoms with E-state index in [0.29, 0.717) is 33.1 Å². The van der Waals surface area contributed by atoms with Gasteiger partial charge in [-0.15, -0.1) is 0 Å². The Morgan fingerprint density at radius 3 is 2.23 bits per heavy atom. The lowest BCUT2D eigenvalue weighted by Crippen LogP contribution is -2.53. The van der Waals surface area contributed by atoms with Crippen LogP contribution in [0, 0.1) is 23.7 Å². The molecule has 4 amide bonds. The van der Waals surface area contributed by atoms with Gasteiger partial charge in [0, 0.05) is 16.5 Å². The van der Waals surface area contributed by atoms with Crippen molar-refractivity contribution in [2.45, 2.75) is 31.1 Å². The van der Waals surface area contributed by atoms with Crippen LogP contribution in [0.2, 0.25) is 10.0 Å². The van der Waals surface area contributed by atoms with Crippen LogP contribution < -0.4 is 14.5 Å².